The fourth-order valence-corrected chi connectivity index (χ4v) is 3.35. The number of carbonyl (C=O) groups is 3. The number of thioether (sulfide) groups is 1. The van der Waals surface area contributed by atoms with E-state index in [1.165, 1.54) is 18.2 Å². The molecule has 2 aromatic rings. The van der Waals surface area contributed by atoms with E-state index < -0.39 is 28.6 Å². The van der Waals surface area contributed by atoms with Crippen LogP contribution in [0.25, 0.3) is 17.4 Å². The molecule has 150 valence electrons. The highest BCUT2D eigenvalue weighted by molar-refractivity contribution is 8.18. The molecule has 1 saturated heterocycles. The summed E-state index contributed by atoms with van der Waals surface area (Å²) >= 11 is 0.704. The standard InChI is InChI=1S/C19H16N2O7S/c1-11(2)27-17(22)10-20-18(23)16(29-19(20)24)9-14-7-8-15(28-14)12-3-5-13(6-4-12)21(25)26/h3-9,11H,10H2,1-2H3/b16-9-. The van der Waals surface area contributed by atoms with Crippen LogP contribution in [0, 0.1) is 10.1 Å². The number of nitro benzene ring substituents is 1. The van der Waals surface area contributed by atoms with Crippen LogP contribution in [0.5, 0.6) is 0 Å². The van der Waals surface area contributed by atoms with Gasteiger partial charge in [0.05, 0.1) is 15.9 Å². The van der Waals surface area contributed by atoms with E-state index >= 15 is 0 Å². The van der Waals surface area contributed by atoms with Gasteiger partial charge >= 0.3 is 5.97 Å². The molecule has 1 fully saturated rings. The lowest BCUT2D eigenvalue weighted by atomic mass is 10.1. The fourth-order valence-electron chi connectivity index (χ4n) is 2.53. The number of imide groups is 1. The molecule has 0 aliphatic carbocycles. The molecule has 1 aliphatic heterocycles. The van der Waals surface area contributed by atoms with Crippen molar-refractivity contribution in [2.24, 2.45) is 0 Å². The first-order valence-corrected chi connectivity index (χ1v) is 9.36. The summed E-state index contributed by atoms with van der Waals surface area (Å²) in [5.41, 5.74) is 0.588. The van der Waals surface area contributed by atoms with Gasteiger partial charge in [0.1, 0.15) is 18.1 Å². The van der Waals surface area contributed by atoms with E-state index in [1.54, 1.807) is 38.1 Å². The van der Waals surface area contributed by atoms with E-state index in [0.717, 1.165) is 4.90 Å². The Morgan fingerprint density at radius 1 is 1.24 bits per heavy atom. The minimum atomic E-state index is -0.665. The van der Waals surface area contributed by atoms with Crippen molar-refractivity contribution in [3.05, 3.63) is 57.2 Å². The van der Waals surface area contributed by atoms with Crippen LogP contribution >= 0.6 is 11.8 Å². The van der Waals surface area contributed by atoms with Gasteiger partial charge in [0.15, 0.2) is 0 Å². The molecule has 1 aromatic carbocycles. The van der Waals surface area contributed by atoms with Gasteiger partial charge in [-0.2, -0.15) is 0 Å². The molecule has 2 heterocycles. The molecule has 0 saturated carbocycles. The molecule has 2 amide bonds. The summed E-state index contributed by atoms with van der Waals surface area (Å²) in [4.78, 5) is 47.4. The molecule has 1 aromatic heterocycles. The maximum Gasteiger partial charge on any atom is 0.326 e. The first-order chi connectivity index (χ1) is 13.7. The predicted octanol–water partition coefficient (Wildman–Crippen LogP) is 3.84. The van der Waals surface area contributed by atoms with Crippen LogP contribution in [0.2, 0.25) is 0 Å². The summed E-state index contributed by atoms with van der Waals surface area (Å²) in [7, 11) is 0. The normalized spacial score (nSPS) is 15.4. The van der Waals surface area contributed by atoms with Crippen LogP contribution < -0.4 is 0 Å². The first-order valence-electron chi connectivity index (χ1n) is 8.54. The minimum absolute atomic E-state index is 0.0369. The largest absolute Gasteiger partial charge is 0.462 e. The number of nitro groups is 1. The lowest BCUT2D eigenvalue weighted by Crippen LogP contribution is -2.35. The molecule has 0 bridgehead atoms. The molecule has 0 unspecified atom stereocenters. The summed E-state index contributed by atoms with van der Waals surface area (Å²) in [6.07, 6.45) is 1.06. The van der Waals surface area contributed by atoms with Crippen molar-refractivity contribution in [1.29, 1.82) is 0 Å². The Labute approximate surface area is 169 Å². The lowest BCUT2D eigenvalue weighted by molar-refractivity contribution is -0.384. The topological polar surface area (TPSA) is 120 Å². The Morgan fingerprint density at radius 3 is 2.55 bits per heavy atom. The minimum Gasteiger partial charge on any atom is -0.462 e. The van der Waals surface area contributed by atoms with Gasteiger partial charge in [-0.1, -0.05) is 0 Å². The van der Waals surface area contributed by atoms with E-state index in [1.807, 2.05) is 0 Å². The quantitative estimate of drug-likeness (QED) is 0.301. The molecule has 1 aliphatic rings. The van der Waals surface area contributed by atoms with E-state index in [2.05, 4.69) is 0 Å². The third-order valence-corrected chi connectivity index (χ3v) is 4.70. The van der Waals surface area contributed by atoms with Crippen molar-refractivity contribution < 1.29 is 28.5 Å². The van der Waals surface area contributed by atoms with Gasteiger partial charge in [-0.3, -0.25) is 29.4 Å². The number of ether oxygens (including phenoxy) is 1. The van der Waals surface area contributed by atoms with Gasteiger partial charge in [0.2, 0.25) is 0 Å². The molecule has 29 heavy (non-hydrogen) atoms. The highest BCUT2D eigenvalue weighted by Crippen LogP contribution is 2.33. The van der Waals surface area contributed by atoms with E-state index in [9.17, 15) is 24.5 Å². The zero-order valence-electron chi connectivity index (χ0n) is 15.5. The number of carbonyl (C=O) groups excluding carboxylic acids is 3. The number of rotatable bonds is 6. The first kappa shape index (κ1) is 20.3. The zero-order chi connectivity index (χ0) is 21.1. The molecular weight excluding hydrogens is 400 g/mol. The SMILES string of the molecule is CC(C)OC(=O)CN1C(=O)S/C(=C\c2ccc(-c3ccc([N+](=O)[O-])cc3)o2)C1=O. The van der Waals surface area contributed by atoms with Crippen molar-refractivity contribution in [3.63, 3.8) is 0 Å². The molecule has 0 spiro atoms. The van der Waals surface area contributed by atoms with Crippen LogP contribution in [-0.4, -0.2) is 39.6 Å². The van der Waals surface area contributed by atoms with Crippen LogP contribution in [0.3, 0.4) is 0 Å². The highest BCUT2D eigenvalue weighted by Gasteiger charge is 2.37. The molecular formula is C19H16N2O7S. The molecule has 9 nitrogen and oxygen atoms in total. The molecule has 10 heteroatoms. The van der Waals surface area contributed by atoms with Crippen molar-refractivity contribution in [2.45, 2.75) is 20.0 Å². The number of furan rings is 1. The van der Waals surface area contributed by atoms with E-state index in [-0.39, 0.29) is 16.7 Å². The maximum absolute atomic E-state index is 12.4. The average Bonchev–Trinajstić information content (AvgIpc) is 3.22. The maximum atomic E-state index is 12.4. The van der Waals surface area contributed by atoms with E-state index in [4.69, 9.17) is 9.15 Å². The smallest absolute Gasteiger partial charge is 0.326 e. The second-order valence-electron chi connectivity index (χ2n) is 6.31. The van der Waals surface area contributed by atoms with Gasteiger partial charge < -0.3 is 9.15 Å². The average molecular weight is 416 g/mol. The lowest BCUT2D eigenvalue weighted by Gasteiger charge is -2.13. The van der Waals surface area contributed by atoms with Gasteiger partial charge in [-0.05, 0) is 49.9 Å². The fraction of sp³-hybridized carbons (Fsp3) is 0.211. The van der Waals surface area contributed by atoms with Gasteiger partial charge in [-0.25, -0.2) is 0 Å². The second kappa shape index (κ2) is 8.31. The Bertz CT molecular complexity index is 1010. The summed E-state index contributed by atoms with van der Waals surface area (Å²) in [5.74, 6) is -0.490. The summed E-state index contributed by atoms with van der Waals surface area (Å²) in [6.45, 7) is 2.89. The summed E-state index contributed by atoms with van der Waals surface area (Å²) < 4.78 is 10.6. The van der Waals surface area contributed by atoms with Crippen molar-refractivity contribution in [2.75, 3.05) is 6.54 Å². The van der Waals surface area contributed by atoms with E-state index in [0.29, 0.717) is 28.8 Å². The highest BCUT2D eigenvalue weighted by atomic mass is 32.2. The Kier molecular flexibility index (Phi) is 5.83. The van der Waals surface area contributed by atoms with Gasteiger partial charge in [-0.15, -0.1) is 0 Å². The number of nitrogens with zero attached hydrogens (tertiary/aromatic N) is 2. The molecule has 0 radical (unpaired) electrons. The molecule has 3 rings (SSSR count). The van der Waals surface area contributed by atoms with Crippen molar-refractivity contribution in [3.8, 4) is 11.3 Å². The Hall–Kier alpha value is -3.40. The van der Waals surface area contributed by atoms with Crippen molar-refractivity contribution in [1.82, 2.24) is 4.90 Å². The van der Waals surface area contributed by atoms with Crippen LogP contribution in [0.1, 0.15) is 19.6 Å². The Morgan fingerprint density at radius 2 is 1.93 bits per heavy atom. The summed E-state index contributed by atoms with van der Waals surface area (Å²) in [5, 5.41) is 10.2. The van der Waals surface area contributed by atoms with Crippen molar-refractivity contribution >= 4 is 40.6 Å². The summed E-state index contributed by atoms with van der Waals surface area (Å²) in [6, 6.07) is 9.08. The number of benzene rings is 1. The Balaban J connectivity index is 1.74. The van der Waals surface area contributed by atoms with Crippen LogP contribution in [0.4, 0.5) is 10.5 Å². The number of hydrogen-bond acceptors (Lipinski definition) is 8. The number of amides is 2. The number of non-ortho nitro benzene ring substituents is 1. The zero-order valence-corrected chi connectivity index (χ0v) is 16.3. The third-order valence-electron chi connectivity index (χ3n) is 3.79. The third kappa shape index (κ3) is 4.72. The number of hydrogen-bond donors (Lipinski definition) is 0. The number of esters is 1. The van der Waals surface area contributed by atoms with Crippen LogP contribution in [0.15, 0.2) is 45.7 Å². The predicted molar refractivity (Wildman–Crippen MR) is 105 cm³/mol. The molecule has 0 N–H and O–H groups in total. The van der Waals surface area contributed by atoms with Gasteiger partial charge in [0, 0.05) is 23.8 Å². The monoisotopic (exact) mass is 416 g/mol. The molecule has 0 atom stereocenters. The van der Waals surface area contributed by atoms with Gasteiger partial charge in [0.25, 0.3) is 16.8 Å². The second-order valence-corrected chi connectivity index (χ2v) is 7.31. The van der Waals surface area contributed by atoms with Crippen LogP contribution in [-0.2, 0) is 14.3 Å².